The van der Waals surface area contributed by atoms with Crippen molar-refractivity contribution in [3.8, 4) is 0 Å². The summed E-state index contributed by atoms with van der Waals surface area (Å²) in [6, 6.07) is 9.95. The van der Waals surface area contributed by atoms with Crippen molar-refractivity contribution < 1.29 is 17.9 Å². The van der Waals surface area contributed by atoms with E-state index in [4.69, 9.17) is 4.74 Å². The Hall–Kier alpha value is -2.45. The first-order valence-electron chi connectivity index (χ1n) is 10.3. The Bertz CT molecular complexity index is 920. The van der Waals surface area contributed by atoms with Crippen molar-refractivity contribution in [2.45, 2.75) is 37.1 Å². The lowest BCUT2D eigenvalue weighted by Gasteiger charge is -2.21. The highest BCUT2D eigenvalue weighted by Gasteiger charge is 2.15. The summed E-state index contributed by atoms with van der Waals surface area (Å²) in [5.41, 5.74) is 1.33. The van der Waals surface area contributed by atoms with E-state index in [0.717, 1.165) is 24.5 Å². The van der Waals surface area contributed by atoms with Crippen LogP contribution in [0.25, 0.3) is 0 Å². The summed E-state index contributed by atoms with van der Waals surface area (Å²) >= 11 is 0. The zero-order valence-electron chi connectivity index (χ0n) is 17.3. The van der Waals surface area contributed by atoms with Gasteiger partial charge in [-0.15, -0.1) is 0 Å². The second-order valence-corrected chi connectivity index (χ2v) is 9.55. The molecule has 0 saturated carbocycles. The Morgan fingerprint density at radius 3 is 2.37 bits per heavy atom. The minimum Gasteiger partial charge on any atom is -0.384 e. The van der Waals surface area contributed by atoms with E-state index in [2.05, 4.69) is 15.2 Å². The van der Waals surface area contributed by atoms with Crippen LogP contribution in [0.3, 0.4) is 0 Å². The molecule has 2 aromatic rings. The number of carbonyl (C=O) groups excluding carboxylic acids is 1. The minimum atomic E-state index is -3.40. The number of carbonyl (C=O) groups is 1. The van der Waals surface area contributed by atoms with E-state index in [9.17, 15) is 13.2 Å². The standard InChI is InChI=1S/C22H29N3O4S/c1-29-14-15-30(27,28)20-9-7-19(8-10-20)22(26)24-17-18-6-11-21(23-16-18)25-12-4-2-3-5-13-25/h6-11,16H,2-5,12-15,17H2,1H3,(H,24,26). The van der Waals surface area contributed by atoms with Gasteiger partial charge in [-0.1, -0.05) is 18.9 Å². The van der Waals surface area contributed by atoms with E-state index in [1.54, 1.807) is 6.20 Å². The van der Waals surface area contributed by atoms with Gasteiger partial charge in [0.1, 0.15) is 5.82 Å². The third-order valence-corrected chi connectivity index (χ3v) is 6.92. The zero-order chi connectivity index (χ0) is 21.4. The fraction of sp³-hybridized carbons (Fsp3) is 0.455. The van der Waals surface area contributed by atoms with Gasteiger partial charge in [0.25, 0.3) is 5.91 Å². The first-order chi connectivity index (χ1) is 14.5. The number of anilines is 1. The van der Waals surface area contributed by atoms with Crippen molar-refractivity contribution in [2.75, 3.05) is 37.5 Å². The SMILES string of the molecule is COCCS(=O)(=O)c1ccc(C(=O)NCc2ccc(N3CCCCCC3)nc2)cc1. The molecule has 3 rings (SSSR count). The van der Waals surface area contributed by atoms with E-state index < -0.39 is 9.84 Å². The molecule has 1 saturated heterocycles. The highest BCUT2D eigenvalue weighted by Crippen LogP contribution is 2.17. The number of hydrogen-bond acceptors (Lipinski definition) is 6. The number of methoxy groups -OCH3 is 1. The number of benzene rings is 1. The Balaban J connectivity index is 1.55. The maximum atomic E-state index is 12.4. The summed E-state index contributed by atoms with van der Waals surface area (Å²) in [6.45, 7) is 2.58. The van der Waals surface area contributed by atoms with Gasteiger partial charge in [-0.2, -0.15) is 0 Å². The fourth-order valence-corrected chi connectivity index (χ4v) is 4.59. The van der Waals surface area contributed by atoms with E-state index in [-0.39, 0.29) is 23.2 Å². The fourth-order valence-electron chi connectivity index (χ4n) is 3.42. The maximum absolute atomic E-state index is 12.4. The van der Waals surface area contributed by atoms with Crippen LogP contribution in [0, 0.1) is 0 Å². The minimum absolute atomic E-state index is 0.0878. The van der Waals surface area contributed by atoms with Gasteiger partial charge in [0, 0.05) is 38.5 Å². The van der Waals surface area contributed by atoms with Gasteiger partial charge in [0.2, 0.25) is 0 Å². The van der Waals surface area contributed by atoms with E-state index in [1.807, 2.05) is 12.1 Å². The molecule has 0 spiro atoms. The summed E-state index contributed by atoms with van der Waals surface area (Å²) in [4.78, 5) is 19.5. The van der Waals surface area contributed by atoms with Crippen LogP contribution in [0.1, 0.15) is 41.6 Å². The topological polar surface area (TPSA) is 88.6 Å². The molecule has 162 valence electrons. The van der Waals surface area contributed by atoms with Crippen molar-refractivity contribution in [1.29, 1.82) is 0 Å². The number of sulfone groups is 1. The lowest BCUT2D eigenvalue weighted by atomic mass is 10.2. The van der Waals surface area contributed by atoms with Gasteiger partial charge in [0.05, 0.1) is 17.3 Å². The van der Waals surface area contributed by atoms with Crippen molar-refractivity contribution in [2.24, 2.45) is 0 Å². The number of rotatable bonds is 8. The van der Waals surface area contributed by atoms with Gasteiger partial charge in [-0.3, -0.25) is 4.79 Å². The number of aromatic nitrogens is 1. The smallest absolute Gasteiger partial charge is 0.251 e. The van der Waals surface area contributed by atoms with Crippen LogP contribution in [0.15, 0.2) is 47.5 Å². The average molecular weight is 432 g/mol. The molecule has 1 fully saturated rings. The zero-order valence-corrected chi connectivity index (χ0v) is 18.2. The molecule has 0 atom stereocenters. The van der Waals surface area contributed by atoms with E-state index in [1.165, 1.54) is 57.1 Å². The van der Waals surface area contributed by atoms with Crippen molar-refractivity contribution >= 4 is 21.6 Å². The number of hydrogen-bond donors (Lipinski definition) is 1. The third-order valence-electron chi connectivity index (χ3n) is 5.22. The lowest BCUT2D eigenvalue weighted by molar-refractivity contribution is 0.0951. The first-order valence-corrected chi connectivity index (χ1v) is 11.9. The highest BCUT2D eigenvalue weighted by atomic mass is 32.2. The first kappa shape index (κ1) is 22.2. The van der Waals surface area contributed by atoms with Crippen LogP contribution in [0.4, 0.5) is 5.82 Å². The molecule has 0 aliphatic carbocycles. The maximum Gasteiger partial charge on any atom is 0.251 e. The highest BCUT2D eigenvalue weighted by molar-refractivity contribution is 7.91. The molecule has 1 aliphatic heterocycles. The molecule has 1 amide bonds. The van der Waals surface area contributed by atoms with Crippen molar-refractivity contribution in [3.63, 3.8) is 0 Å². The van der Waals surface area contributed by atoms with Crippen LogP contribution in [-0.4, -0.2) is 51.9 Å². The second kappa shape index (κ2) is 10.5. The van der Waals surface area contributed by atoms with Gasteiger partial charge in [-0.25, -0.2) is 13.4 Å². The lowest BCUT2D eigenvalue weighted by Crippen LogP contribution is -2.25. The normalized spacial score (nSPS) is 14.9. The number of amides is 1. The van der Waals surface area contributed by atoms with Crippen LogP contribution in [0.5, 0.6) is 0 Å². The van der Waals surface area contributed by atoms with Crippen LogP contribution in [0.2, 0.25) is 0 Å². The molecular weight excluding hydrogens is 402 g/mol. The molecule has 1 aliphatic rings. The Labute approximate surface area is 178 Å². The number of nitrogens with zero attached hydrogens (tertiary/aromatic N) is 2. The number of pyridine rings is 1. The summed E-state index contributed by atoms with van der Waals surface area (Å²) in [6.07, 6.45) is 6.76. The molecule has 30 heavy (non-hydrogen) atoms. The third kappa shape index (κ3) is 6.03. The van der Waals surface area contributed by atoms with Gasteiger partial charge in [-0.05, 0) is 48.7 Å². The molecule has 2 heterocycles. The van der Waals surface area contributed by atoms with Crippen molar-refractivity contribution in [3.05, 3.63) is 53.7 Å². The number of nitrogens with one attached hydrogen (secondary N) is 1. The Kier molecular flexibility index (Phi) is 7.81. The molecule has 8 heteroatoms. The van der Waals surface area contributed by atoms with E-state index >= 15 is 0 Å². The summed E-state index contributed by atoms with van der Waals surface area (Å²) in [5, 5.41) is 2.85. The van der Waals surface area contributed by atoms with Crippen LogP contribution >= 0.6 is 0 Å². The van der Waals surface area contributed by atoms with Crippen LogP contribution < -0.4 is 10.2 Å². The van der Waals surface area contributed by atoms with Gasteiger partial charge in [0.15, 0.2) is 9.84 Å². The van der Waals surface area contributed by atoms with Crippen molar-refractivity contribution in [1.82, 2.24) is 10.3 Å². The van der Waals surface area contributed by atoms with E-state index in [0.29, 0.717) is 12.1 Å². The number of ether oxygens (including phenoxy) is 1. The average Bonchev–Trinajstić information content (AvgIpc) is 3.06. The molecule has 1 aromatic carbocycles. The molecule has 1 N–H and O–H groups in total. The van der Waals surface area contributed by atoms with Gasteiger partial charge >= 0.3 is 0 Å². The Morgan fingerprint density at radius 1 is 1.07 bits per heavy atom. The molecule has 1 aromatic heterocycles. The molecular formula is C22H29N3O4S. The summed E-state index contributed by atoms with van der Waals surface area (Å²) in [7, 11) is -1.95. The molecule has 0 radical (unpaired) electrons. The second-order valence-electron chi connectivity index (χ2n) is 7.44. The Morgan fingerprint density at radius 2 is 1.77 bits per heavy atom. The predicted octanol–water partition coefficient (Wildman–Crippen LogP) is 2.81. The molecule has 0 bridgehead atoms. The molecule has 7 nitrogen and oxygen atoms in total. The quantitative estimate of drug-likeness (QED) is 0.691. The van der Waals surface area contributed by atoms with Crippen LogP contribution in [-0.2, 0) is 21.1 Å². The largest absolute Gasteiger partial charge is 0.384 e. The summed E-state index contributed by atoms with van der Waals surface area (Å²) in [5.74, 6) is 0.639. The molecule has 0 unspecified atom stereocenters. The predicted molar refractivity (Wildman–Crippen MR) is 116 cm³/mol. The monoisotopic (exact) mass is 431 g/mol. The summed E-state index contributed by atoms with van der Waals surface area (Å²) < 4.78 is 29.1. The van der Waals surface area contributed by atoms with Gasteiger partial charge < -0.3 is 15.0 Å².